The molecule has 0 saturated heterocycles. The van der Waals surface area contributed by atoms with E-state index in [2.05, 4.69) is 0 Å². The van der Waals surface area contributed by atoms with Crippen LogP contribution in [-0.4, -0.2) is 14.3 Å². The van der Waals surface area contributed by atoms with Crippen molar-refractivity contribution < 1.29 is 13.2 Å². The molecule has 0 radical (unpaired) electrons. The van der Waals surface area contributed by atoms with Crippen molar-refractivity contribution >= 4 is 15.9 Å². The number of amides is 1. The van der Waals surface area contributed by atoms with E-state index in [-0.39, 0.29) is 4.90 Å². The van der Waals surface area contributed by atoms with Gasteiger partial charge >= 0.3 is 0 Å². The Bertz CT molecular complexity index is 451. The first-order chi connectivity index (χ1) is 6.43. The van der Waals surface area contributed by atoms with Crippen molar-refractivity contribution in [2.45, 2.75) is 18.7 Å². The van der Waals surface area contributed by atoms with Gasteiger partial charge in [0.2, 0.25) is 5.91 Å². The van der Waals surface area contributed by atoms with E-state index >= 15 is 0 Å². The van der Waals surface area contributed by atoms with Crippen LogP contribution in [-0.2, 0) is 14.8 Å². The minimum atomic E-state index is -3.69. The molecule has 0 aromatic heterocycles. The number of carbonyl (C=O) groups excluding carboxylic acids is 1. The molecule has 0 atom stereocenters. The molecule has 14 heavy (non-hydrogen) atoms. The molecule has 0 bridgehead atoms. The van der Waals surface area contributed by atoms with Gasteiger partial charge in [-0.05, 0) is 18.6 Å². The number of sulfonamides is 1. The Hall–Kier alpha value is -1.36. The van der Waals surface area contributed by atoms with Gasteiger partial charge in [0.05, 0.1) is 4.90 Å². The molecule has 76 valence electrons. The molecule has 4 nitrogen and oxygen atoms in total. The normalized spacial score (nSPS) is 11.0. The SMILES string of the molecule is CC(=O)NS(=O)(=O)c1ccccc1C. The van der Waals surface area contributed by atoms with Crippen LogP contribution in [0.4, 0.5) is 0 Å². The van der Waals surface area contributed by atoms with Crippen molar-refractivity contribution in [3.63, 3.8) is 0 Å². The van der Waals surface area contributed by atoms with Gasteiger partial charge in [0.25, 0.3) is 10.0 Å². The number of carbonyl (C=O) groups is 1. The molecule has 0 saturated carbocycles. The largest absolute Gasteiger partial charge is 0.274 e. The van der Waals surface area contributed by atoms with Crippen LogP contribution in [0.25, 0.3) is 0 Å². The first kappa shape index (κ1) is 10.7. The van der Waals surface area contributed by atoms with Gasteiger partial charge in [-0.3, -0.25) is 4.79 Å². The molecule has 0 unspecified atom stereocenters. The highest BCUT2D eigenvalue weighted by Gasteiger charge is 2.16. The molecule has 1 N–H and O–H groups in total. The van der Waals surface area contributed by atoms with Gasteiger partial charge in [0, 0.05) is 6.92 Å². The molecular formula is C9H11NO3S. The first-order valence-corrected chi connectivity index (χ1v) is 5.51. The molecule has 1 aromatic rings. The Morgan fingerprint density at radius 2 is 1.86 bits per heavy atom. The van der Waals surface area contributed by atoms with Crippen LogP contribution in [0.5, 0.6) is 0 Å². The summed E-state index contributed by atoms with van der Waals surface area (Å²) >= 11 is 0. The first-order valence-electron chi connectivity index (χ1n) is 4.02. The van der Waals surface area contributed by atoms with Crippen LogP contribution in [0.1, 0.15) is 12.5 Å². The Morgan fingerprint density at radius 3 is 2.36 bits per heavy atom. The Morgan fingerprint density at radius 1 is 1.29 bits per heavy atom. The third-order valence-electron chi connectivity index (χ3n) is 1.66. The molecule has 0 heterocycles. The third-order valence-corrected chi connectivity index (χ3v) is 3.25. The molecule has 0 spiro atoms. The predicted molar refractivity (Wildman–Crippen MR) is 52.2 cm³/mol. The summed E-state index contributed by atoms with van der Waals surface area (Å²) < 4.78 is 25.0. The number of nitrogens with one attached hydrogen (secondary N) is 1. The lowest BCUT2D eigenvalue weighted by Gasteiger charge is -2.06. The molecule has 0 aliphatic heterocycles. The van der Waals surface area contributed by atoms with Crippen LogP contribution < -0.4 is 4.72 Å². The summed E-state index contributed by atoms with van der Waals surface area (Å²) in [6, 6.07) is 6.49. The fraction of sp³-hybridized carbons (Fsp3) is 0.222. The standard InChI is InChI=1S/C9H11NO3S/c1-7-5-3-4-6-9(7)14(12,13)10-8(2)11/h3-6H,1-2H3,(H,10,11). The average Bonchev–Trinajstić information content (AvgIpc) is 2.02. The summed E-state index contributed by atoms with van der Waals surface area (Å²) in [5.41, 5.74) is 0.612. The van der Waals surface area contributed by atoms with E-state index in [0.717, 1.165) is 6.92 Å². The van der Waals surface area contributed by atoms with E-state index in [4.69, 9.17) is 0 Å². The number of hydrogen-bond donors (Lipinski definition) is 1. The smallest absolute Gasteiger partial charge is 0.264 e. The van der Waals surface area contributed by atoms with Crippen molar-refractivity contribution in [3.05, 3.63) is 29.8 Å². The summed E-state index contributed by atoms with van der Waals surface area (Å²) in [5.74, 6) is -0.590. The average molecular weight is 213 g/mol. The lowest BCUT2D eigenvalue weighted by Crippen LogP contribution is -2.28. The summed E-state index contributed by atoms with van der Waals surface area (Å²) in [6.45, 7) is 2.84. The van der Waals surface area contributed by atoms with Crippen LogP contribution >= 0.6 is 0 Å². The lowest BCUT2D eigenvalue weighted by molar-refractivity contribution is -0.117. The number of benzene rings is 1. The topological polar surface area (TPSA) is 63.2 Å². The second-order valence-corrected chi connectivity index (χ2v) is 4.58. The van der Waals surface area contributed by atoms with Crippen molar-refractivity contribution in [1.82, 2.24) is 4.72 Å². The van der Waals surface area contributed by atoms with E-state index < -0.39 is 15.9 Å². The van der Waals surface area contributed by atoms with Gasteiger partial charge in [-0.25, -0.2) is 13.1 Å². The molecule has 1 amide bonds. The molecule has 0 aliphatic rings. The van der Waals surface area contributed by atoms with E-state index in [0.29, 0.717) is 5.56 Å². The fourth-order valence-corrected chi connectivity index (χ4v) is 2.34. The lowest BCUT2D eigenvalue weighted by atomic mass is 10.2. The fourth-order valence-electron chi connectivity index (χ4n) is 1.10. The van der Waals surface area contributed by atoms with Crippen LogP contribution in [0.15, 0.2) is 29.2 Å². The van der Waals surface area contributed by atoms with E-state index in [9.17, 15) is 13.2 Å². The summed E-state index contributed by atoms with van der Waals surface area (Å²) in [4.78, 5) is 10.8. The number of rotatable bonds is 2. The van der Waals surface area contributed by atoms with Gasteiger partial charge in [0.15, 0.2) is 0 Å². The highest BCUT2D eigenvalue weighted by Crippen LogP contribution is 2.13. The van der Waals surface area contributed by atoms with Gasteiger partial charge in [-0.15, -0.1) is 0 Å². The molecule has 5 heteroatoms. The summed E-state index contributed by atoms with van der Waals surface area (Å²) in [6.07, 6.45) is 0. The molecule has 1 aromatic carbocycles. The molecule has 0 fully saturated rings. The third kappa shape index (κ3) is 2.32. The summed E-state index contributed by atoms with van der Waals surface area (Å²) in [7, 11) is -3.69. The number of aryl methyl sites for hydroxylation is 1. The Kier molecular flexibility index (Phi) is 2.90. The zero-order chi connectivity index (χ0) is 10.8. The molecule has 1 rings (SSSR count). The maximum atomic E-state index is 11.5. The minimum Gasteiger partial charge on any atom is -0.274 e. The monoisotopic (exact) mass is 213 g/mol. The van der Waals surface area contributed by atoms with Crippen LogP contribution in [0, 0.1) is 6.92 Å². The zero-order valence-corrected chi connectivity index (χ0v) is 8.76. The maximum absolute atomic E-state index is 11.5. The van der Waals surface area contributed by atoms with Gasteiger partial charge < -0.3 is 0 Å². The molecule has 0 aliphatic carbocycles. The van der Waals surface area contributed by atoms with Crippen LogP contribution in [0.3, 0.4) is 0 Å². The second-order valence-electron chi connectivity index (χ2n) is 2.93. The van der Waals surface area contributed by atoms with Gasteiger partial charge in [0.1, 0.15) is 0 Å². The highest BCUT2D eigenvalue weighted by atomic mass is 32.2. The van der Waals surface area contributed by atoms with Crippen molar-refractivity contribution in [2.75, 3.05) is 0 Å². The Labute approximate surface area is 83.0 Å². The highest BCUT2D eigenvalue weighted by molar-refractivity contribution is 7.90. The minimum absolute atomic E-state index is 0.134. The quantitative estimate of drug-likeness (QED) is 0.791. The predicted octanol–water partition coefficient (Wildman–Crippen LogP) is 0.820. The van der Waals surface area contributed by atoms with Crippen molar-refractivity contribution in [3.8, 4) is 0 Å². The van der Waals surface area contributed by atoms with E-state index in [1.54, 1.807) is 25.1 Å². The second kappa shape index (κ2) is 3.79. The maximum Gasteiger partial charge on any atom is 0.264 e. The van der Waals surface area contributed by atoms with Crippen molar-refractivity contribution in [1.29, 1.82) is 0 Å². The van der Waals surface area contributed by atoms with E-state index in [1.165, 1.54) is 6.07 Å². The van der Waals surface area contributed by atoms with Crippen molar-refractivity contribution in [2.24, 2.45) is 0 Å². The van der Waals surface area contributed by atoms with Crippen LogP contribution in [0.2, 0.25) is 0 Å². The van der Waals surface area contributed by atoms with Gasteiger partial charge in [-0.2, -0.15) is 0 Å². The zero-order valence-electron chi connectivity index (χ0n) is 7.94. The Balaban J connectivity index is 3.17. The summed E-state index contributed by atoms with van der Waals surface area (Å²) in [5, 5.41) is 0. The molecular weight excluding hydrogens is 202 g/mol. The van der Waals surface area contributed by atoms with E-state index in [1.807, 2.05) is 4.72 Å². The number of hydrogen-bond acceptors (Lipinski definition) is 3. The van der Waals surface area contributed by atoms with Gasteiger partial charge in [-0.1, -0.05) is 18.2 Å².